The SMILES string of the molecule is Cc1cc(CNC2(CO)CCC2)cc(C)c1O. The fraction of sp³-hybridized carbons (Fsp3) is 0.571. The number of benzene rings is 1. The number of nitrogens with one attached hydrogen (secondary N) is 1. The van der Waals surface area contributed by atoms with E-state index in [-0.39, 0.29) is 12.1 Å². The molecule has 0 bridgehead atoms. The third-order valence-corrected chi connectivity index (χ3v) is 3.83. The van der Waals surface area contributed by atoms with E-state index in [9.17, 15) is 10.2 Å². The van der Waals surface area contributed by atoms with Crippen LogP contribution < -0.4 is 5.32 Å². The molecule has 0 amide bonds. The monoisotopic (exact) mass is 235 g/mol. The lowest BCUT2D eigenvalue weighted by Gasteiger charge is -2.41. The molecule has 1 fully saturated rings. The maximum Gasteiger partial charge on any atom is 0.121 e. The van der Waals surface area contributed by atoms with E-state index in [1.165, 1.54) is 6.42 Å². The molecule has 0 aliphatic heterocycles. The summed E-state index contributed by atoms with van der Waals surface area (Å²) in [6.45, 7) is 4.79. The van der Waals surface area contributed by atoms with Crippen LogP contribution in [0.1, 0.15) is 36.0 Å². The van der Waals surface area contributed by atoms with Gasteiger partial charge in [-0.25, -0.2) is 0 Å². The Morgan fingerprint density at radius 3 is 2.24 bits per heavy atom. The van der Waals surface area contributed by atoms with Gasteiger partial charge in [0.2, 0.25) is 0 Å². The highest BCUT2D eigenvalue weighted by molar-refractivity contribution is 5.42. The van der Waals surface area contributed by atoms with Crippen LogP contribution in [0.15, 0.2) is 12.1 Å². The van der Waals surface area contributed by atoms with Crippen molar-refractivity contribution in [3.05, 3.63) is 28.8 Å². The number of hydrogen-bond acceptors (Lipinski definition) is 3. The second-order valence-corrected chi connectivity index (χ2v) is 5.22. The molecule has 1 aliphatic carbocycles. The average Bonchev–Trinajstić information content (AvgIpc) is 2.25. The van der Waals surface area contributed by atoms with E-state index in [1.807, 2.05) is 26.0 Å². The molecule has 0 saturated heterocycles. The molecule has 1 aliphatic rings. The molecule has 0 aromatic heterocycles. The lowest BCUT2D eigenvalue weighted by atomic mass is 9.77. The van der Waals surface area contributed by atoms with Crippen LogP contribution in [0, 0.1) is 13.8 Å². The Labute approximate surface area is 102 Å². The fourth-order valence-electron chi connectivity index (χ4n) is 2.43. The molecule has 0 heterocycles. The Kier molecular flexibility index (Phi) is 3.40. The molecule has 1 saturated carbocycles. The molecular formula is C14H21NO2. The molecule has 2 rings (SSSR count). The molecule has 17 heavy (non-hydrogen) atoms. The Hall–Kier alpha value is -1.06. The van der Waals surface area contributed by atoms with Crippen molar-refractivity contribution in [3.63, 3.8) is 0 Å². The number of hydrogen-bond donors (Lipinski definition) is 3. The highest BCUT2D eigenvalue weighted by Gasteiger charge is 2.35. The summed E-state index contributed by atoms with van der Waals surface area (Å²) >= 11 is 0. The number of aliphatic hydroxyl groups is 1. The van der Waals surface area contributed by atoms with Gasteiger partial charge in [-0.3, -0.25) is 0 Å². The van der Waals surface area contributed by atoms with E-state index >= 15 is 0 Å². The Bertz CT molecular complexity index is 382. The number of aryl methyl sites for hydroxylation is 2. The molecule has 0 radical (unpaired) electrons. The summed E-state index contributed by atoms with van der Waals surface area (Å²) in [5, 5.41) is 22.5. The third-order valence-electron chi connectivity index (χ3n) is 3.83. The first-order valence-electron chi connectivity index (χ1n) is 6.21. The summed E-state index contributed by atoms with van der Waals surface area (Å²) in [5.74, 6) is 0.384. The van der Waals surface area contributed by atoms with Gasteiger partial charge in [-0.1, -0.05) is 12.1 Å². The van der Waals surface area contributed by atoms with Crippen molar-refractivity contribution in [1.82, 2.24) is 5.32 Å². The normalized spacial score (nSPS) is 17.8. The van der Waals surface area contributed by atoms with Crippen molar-refractivity contribution in [1.29, 1.82) is 0 Å². The quantitative estimate of drug-likeness (QED) is 0.748. The van der Waals surface area contributed by atoms with E-state index in [4.69, 9.17) is 0 Å². The minimum atomic E-state index is -0.0559. The maximum absolute atomic E-state index is 9.70. The molecule has 3 nitrogen and oxygen atoms in total. The predicted molar refractivity (Wildman–Crippen MR) is 68.1 cm³/mol. The summed E-state index contributed by atoms with van der Waals surface area (Å²) in [5.41, 5.74) is 2.93. The van der Waals surface area contributed by atoms with Crippen LogP contribution in [0.25, 0.3) is 0 Å². The van der Waals surface area contributed by atoms with Gasteiger partial charge in [-0.15, -0.1) is 0 Å². The summed E-state index contributed by atoms with van der Waals surface area (Å²) in [6, 6.07) is 4.00. The van der Waals surface area contributed by atoms with Crippen LogP contribution in [0.2, 0.25) is 0 Å². The summed E-state index contributed by atoms with van der Waals surface area (Å²) < 4.78 is 0. The van der Waals surface area contributed by atoms with Crippen molar-refractivity contribution >= 4 is 0 Å². The smallest absolute Gasteiger partial charge is 0.121 e. The van der Waals surface area contributed by atoms with Gasteiger partial charge >= 0.3 is 0 Å². The highest BCUT2D eigenvalue weighted by atomic mass is 16.3. The minimum Gasteiger partial charge on any atom is -0.507 e. The number of aliphatic hydroxyl groups excluding tert-OH is 1. The van der Waals surface area contributed by atoms with Crippen LogP contribution in [-0.4, -0.2) is 22.4 Å². The largest absolute Gasteiger partial charge is 0.507 e. The third kappa shape index (κ3) is 2.45. The minimum absolute atomic E-state index is 0.0559. The van der Waals surface area contributed by atoms with Gasteiger partial charge < -0.3 is 15.5 Å². The average molecular weight is 235 g/mol. The summed E-state index contributed by atoms with van der Waals surface area (Å²) in [4.78, 5) is 0. The second kappa shape index (κ2) is 4.67. The van der Waals surface area contributed by atoms with Gasteiger partial charge in [0.05, 0.1) is 6.61 Å². The van der Waals surface area contributed by atoms with Crippen LogP contribution in [0.4, 0.5) is 0 Å². The molecular weight excluding hydrogens is 214 g/mol. The lowest BCUT2D eigenvalue weighted by molar-refractivity contribution is 0.0872. The van der Waals surface area contributed by atoms with Gasteiger partial charge in [-0.2, -0.15) is 0 Å². The number of rotatable bonds is 4. The second-order valence-electron chi connectivity index (χ2n) is 5.22. The topological polar surface area (TPSA) is 52.5 Å². The number of aromatic hydroxyl groups is 1. The van der Waals surface area contributed by atoms with E-state index in [2.05, 4.69) is 5.32 Å². The predicted octanol–water partition coefficient (Wildman–Crippen LogP) is 2.01. The van der Waals surface area contributed by atoms with E-state index in [0.717, 1.165) is 36.1 Å². The Balaban J connectivity index is 2.04. The molecule has 0 spiro atoms. The molecule has 0 unspecified atom stereocenters. The van der Waals surface area contributed by atoms with Crippen LogP contribution in [0.5, 0.6) is 5.75 Å². The molecule has 1 aromatic carbocycles. The Morgan fingerprint density at radius 1 is 1.24 bits per heavy atom. The van der Waals surface area contributed by atoms with E-state index in [0.29, 0.717) is 5.75 Å². The van der Waals surface area contributed by atoms with Crippen molar-refractivity contribution in [2.24, 2.45) is 0 Å². The standard InChI is InChI=1S/C14H21NO2/c1-10-6-12(7-11(2)13(10)17)8-15-14(9-16)4-3-5-14/h6-7,15-17H,3-5,8-9H2,1-2H3. The first-order valence-corrected chi connectivity index (χ1v) is 6.21. The first-order chi connectivity index (χ1) is 8.06. The molecule has 94 valence electrons. The molecule has 0 atom stereocenters. The number of phenolic OH excluding ortho intramolecular Hbond substituents is 1. The highest BCUT2D eigenvalue weighted by Crippen LogP contribution is 2.32. The Morgan fingerprint density at radius 2 is 1.82 bits per heavy atom. The van der Waals surface area contributed by atoms with Crippen LogP contribution in [-0.2, 0) is 6.54 Å². The summed E-state index contributed by atoms with van der Waals surface area (Å²) in [7, 11) is 0. The number of phenols is 1. The zero-order valence-electron chi connectivity index (χ0n) is 10.6. The van der Waals surface area contributed by atoms with Crippen LogP contribution >= 0.6 is 0 Å². The van der Waals surface area contributed by atoms with Gasteiger partial charge in [0, 0.05) is 12.1 Å². The van der Waals surface area contributed by atoms with Gasteiger partial charge in [0.15, 0.2) is 0 Å². The lowest BCUT2D eigenvalue weighted by Crippen LogP contribution is -2.53. The zero-order chi connectivity index (χ0) is 12.5. The van der Waals surface area contributed by atoms with Crippen LogP contribution in [0.3, 0.4) is 0 Å². The van der Waals surface area contributed by atoms with Gasteiger partial charge in [0.1, 0.15) is 5.75 Å². The van der Waals surface area contributed by atoms with Crippen molar-refractivity contribution in [2.75, 3.05) is 6.61 Å². The fourth-order valence-corrected chi connectivity index (χ4v) is 2.43. The summed E-state index contributed by atoms with van der Waals surface area (Å²) in [6.07, 6.45) is 3.31. The van der Waals surface area contributed by atoms with E-state index < -0.39 is 0 Å². The van der Waals surface area contributed by atoms with Crippen molar-refractivity contribution in [2.45, 2.75) is 45.2 Å². The maximum atomic E-state index is 9.70. The zero-order valence-corrected chi connectivity index (χ0v) is 10.6. The van der Waals surface area contributed by atoms with Gasteiger partial charge in [-0.05, 0) is 49.8 Å². The first kappa shape index (κ1) is 12.4. The van der Waals surface area contributed by atoms with Crippen molar-refractivity contribution in [3.8, 4) is 5.75 Å². The molecule has 3 N–H and O–H groups in total. The molecule has 1 aromatic rings. The van der Waals surface area contributed by atoms with Gasteiger partial charge in [0.25, 0.3) is 0 Å². The van der Waals surface area contributed by atoms with E-state index in [1.54, 1.807) is 0 Å². The van der Waals surface area contributed by atoms with Crippen molar-refractivity contribution < 1.29 is 10.2 Å². The molecule has 3 heteroatoms.